The number of hydrogen-bond donors (Lipinski definition) is 1. The van der Waals surface area contributed by atoms with Crippen LogP contribution >= 0.6 is 0 Å². The topological polar surface area (TPSA) is 63.3 Å². The van der Waals surface area contributed by atoms with E-state index in [-0.39, 0.29) is 6.42 Å². The number of carbonyl (C=O) groups is 1. The number of carboxylic acid groups (broad SMARTS) is 1. The zero-order valence-electron chi connectivity index (χ0n) is 9.35. The minimum atomic E-state index is -0.766. The third kappa shape index (κ3) is 2.02. The van der Waals surface area contributed by atoms with Crippen LogP contribution in [0, 0.1) is 0 Å². The quantitative estimate of drug-likeness (QED) is 0.878. The van der Waals surface area contributed by atoms with Gasteiger partial charge < -0.3 is 9.63 Å². The molecule has 1 aliphatic carbocycles. The number of fused-ring (bicyclic) bond motifs is 1. The van der Waals surface area contributed by atoms with E-state index in [4.69, 9.17) is 9.63 Å². The SMILES string of the molecule is O=C(O)CCc1ccc2onc(C3CC3)c2c1. The Bertz CT molecular complexity index is 569. The summed E-state index contributed by atoms with van der Waals surface area (Å²) in [6, 6.07) is 5.81. The first-order valence-corrected chi connectivity index (χ1v) is 5.84. The van der Waals surface area contributed by atoms with Crippen molar-refractivity contribution in [3.05, 3.63) is 29.5 Å². The summed E-state index contributed by atoms with van der Waals surface area (Å²) in [5, 5.41) is 13.8. The number of hydrogen-bond acceptors (Lipinski definition) is 3. The molecule has 1 saturated carbocycles. The van der Waals surface area contributed by atoms with Gasteiger partial charge in [0.1, 0.15) is 0 Å². The van der Waals surface area contributed by atoms with Gasteiger partial charge in [0.25, 0.3) is 0 Å². The summed E-state index contributed by atoms with van der Waals surface area (Å²) in [4.78, 5) is 10.5. The van der Waals surface area contributed by atoms with Crippen molar-refractivity contribution in [1.29, 1.82) is 0 Å². The molecule has 0 radical (unpaired) electrons. The van der Waals surface area contributed by atoms with E-state index in [1.165, 1.54) is 12.8 Å². The van der Waals surface area contributed by atoms with Crippen molar-refractivity contribution in [2.24, 2.45) is 0 Å². The molecule has 0 unspecified atom stereocenters. The van der Waals surface area contributed by atoms with E-state index in [9.17, 15) is 4.79 Å². The predicted octanol–water partition coefficient (Wildman–Crippen LogP) is 2.72. The Hall–Kier alpha value is -1.84. The van der Waals surface area contributed by atoms with E-state index < -0.39 is 5.97 Å². The highest BCUT2D eigenvalue weighted by Gasteiger charge is 2.28. The van der Waals surface area contributed by atoms with Crippen molar-refractivity contribution in [3.8, 4) is 0 Å². The molecule has 0 saturated heterocycles. The van der Waals surface area contributed by atoms with Crippen LogP contribution in [-0.4, -0.2) is 16.2 Å². The van der Waals surface area contributed by atoms with E-state index in [1.54, 1.807) is 0 Å². The minimum absolute atomic E-state index is 0.162. The maximum atomic E-state index is 10.5. The van der Waals surface area contributed by atoms with Gasteiger partial charge in [0.15, 0.2) is 5.58 Å². The van der Waals surface area contributed by atoms with Gasteiger partial charge in [-0.15, -0.1) is 0 Å². The number of carboxylic acids is 1. The fourth-order valence-electron chi connectivity index (χ4n) is 2.06. The zero-order chi connectivity index (χ0) is 11.8. The standard InChI is InChI=1S/C13H13NO3/c15-12(16)6-2-8-1-5-11-10(7-8)13(14-17-11)9-3-4-9/h1,5,7,9H,2-4,6H2,(H,15,16). The highest BCUT2D eigenvalue weighted by atomic mass is 16.5. The number of aliphatic carboxylic acids is 1. The molecule has 1 aromatic heterocycles. The molecular weight excluding hydrogens is 218 g/mol. The summed E-state index contributed by atoms with van der Waals surface area (Å²) in [5.41, 5.74) is 2.87. The van der Waals surface area contributed by atoms with Crippen LogP contribution in [0.1, 0.15) is 36.4 Å². The van der Waals surface area contributed by atoms with Crippen LogP contribution in [-0.2, 0) is 11.2 Å². The van der Waals surface area contributed by atoms with E-state index in [2.05, 4.69) is 5.16 Å². The van der Waals surface area contributed by atoms with Crippen molar-refractivity contribution in [2.75, 3.05) is 0 Å². The number of aryl methyl sites for hydroxylation is 1. The Labute approximate surface area is 98.2 Å². The zero-order valence-corrected chi connectivity index (χ0v) is 9.35. The average Bonchev–Trinajstić information content (AvgIpc) is 3.07. The summed E-state index contributed by atoms with van der Waals surface area (Å²) in [7, 11) is 0. The molecule has 1 heterocycles. The minimum Gasteiger partial charge on any atom is -0.481 e. The number of aromatic nitrogens is 1. The van der Waals surface area contributed by atoms with Crippen LogP contribution < -0.4 is 0 Å². The first-order chi connectivity index (χ1) is 8.24. The number of benzene rings is 1. The predicted molar refractivity (Wildman–Crippen MR) is 61.9 cm³/mol. The van der Waals surface area contributed by atoms with Gasteiger partial charge in [-0.05, 0) is 37.0 Å². The smallest absolute Gasteiger partial charge is 0.303 e. The lowest BCUT2D eigenvalue weighted by molar-refractivity contribution is -0.136. The summed E-state index contributed by atoms with van der Waals surface area (Å²) >= 11 is 0. The molecule has 1 aliphatic rings. The van der Waals surface area contributed by atoms with Gasteiger partial charge in [-0.2, -0.15) is 0 Å². The molecule has 4 heteroatoms. The van der Waals surface area contributed by atoms with Crippen LogP contribution in [0.3, 0.4) is 0 Å². The molecule has 88 valence electrons. The van der Waals surface area contributed by atoms with E-state index >= 15 is 0 Å². The first-order valence-electron chi connectivity index (χ1n) is 5.84. The molecule has 17 heavy (non-hydrogen) atoms. The number of rotatable bonds is 4. The van der Waals surface area contributed by atoms with Gasteiger partial charge in [0, 0.05) is 17.7 Å². The molecule has 1 fully saturated rings. The highest BCUT2D eigenvalue weighted by molar-refractivity contribution is 5.81. The molecule has 2 aromatic rings. The van der Waals surface area contributed by atoms with Crippen LogP contribution in [0.25, 0.3) is 11.0 Å². The van der Waals surface area contributed by atoms with E-state index in [0.29, 0.717) is 12.3 Å². The van der Waals surface area contributed by atoms with Crippen molar-refractivity contribution >= 4 is 16.9 Å². The second-order valence-electron chi connectivity index (χ2n) is 4.57. The van der Waals surface area contributed by atoms with E-state index in [0.717, 1.165) is 22.2 Å². The Morgan fingerprint density at radius 1 is 1.47 bits per heavy atom. The molecule has 0 amide bonds. The number of nitrogens with zero attached hydrogens (tertiary/aromatic N) is 1. The highest BCUT2D eigenvalue weighted by Crippen LogP contribution is 2.42. The van der Waals surface area contributed by atoms with Crippen LogP contribution in [0.2, 0.25) is 0 Å². The third-order valence-electron chi connectivity index (χ3n) is 3.15. The normalized spacial score (nSPS) is 15.3. The largest absolute Gasteiger partial charge is 0.481 e. The van der Waals surface area contributed by atoms with Gasteiger partial charge in [-0.3, -0.25) is 4.79 Å². The fraction of sp³-hybridized carbons (Fsp3) is 0.385. The maximum Gasteiger partial charge on any atom is 0.303 e. The fourth-order valence-corrected chi connectivity index (χ4v) is 2.06. The Morgan fingerprint density at radius 3 is 3.00 bits per heavy atom. The average molecular weight is 231 g/mol. The lowest BCUT2D eigenvalue weighted by atomic mass is 10.1. The maximum absolute atomic E-state index is 10.5. The lowest BCUT2D eigenvalue weighted by Gasteiger charge is -1.98. The summed E-state index contributed by atoms with van der Waals surface area (Å²) < 4.78 is 5.26. The summed E-state index contributed by atoms with van der Waals surface area (Å²) in [5.74, 6) is -0.219. The van der Waals surface area contributed by atoms with Gasteiger partial charge in [0.2, 0.25) is 0 Å². The van der Waals surface area contributed by atoms with Gasteiger partial charge in [-0.25, -0.2) is 0 Å². The molecule has 0 bridgehead atoms. The van der Waals surface area contributed by atoms with Gasteiger partial charge >= 0.3 is 5.97 Å². The van der Waals surface area contributed by atoms with E-state index in [1.807, 2.05) is 18.2 Å². The second-order valence-corrected chi connectivity index (χ2v) is 4.57. The van der Waals surface area contributed by atoms with Crippen molar-refractivity contribution in [1.82, 2.24) is 5.16 Å². The van der Waals surface area contributed by atoms with Gasteiger partial charge in [0.05, 0.1) is 5.69 Å². The summed E-state index contributed by atoms with van der Waals surface area (Å²) in [6.45, 7) is 0. The molecule has 1 aromatic carbocycles. The molecule has 0 aliphatic heterocycles. The third-order valence-corrected chi connectivity index (χ3v) is 3.15. The molecular formula is C13H13NO3. The Morgan fingerprint density at radius 2 is 2.29 bits per heavy atom. The Balaban J connectivity index is 1.92. The monoisotopic (exact) mass is 231 g/mol. The second kappa shape index (κ2) is 3.87. The summed E-state index contributed by atoms with van der Waals surface area (Å²) in [6.07, 6.45) is 3.08. The first kappa shape index (κ1) is 10.3. The van der Waals surface area contributed by atoms with Crippen molar-refractivity contribution in [2.45, 2.75) is 31.6 Å². The van der Waals surface area contributed by atoms with Crippen molar-refractivity contribution in [3.63, 3.8) is 0 Å². The van der Waals surface area contributed by atoms with Crippen molar-refractivity contribution < 1.29 is 14.4 Å². The lowest BCUT2D eigenvalue weighted by Crippen LogP contribution is -1.97. The van der Waals surface area contributed by atoms with Crippen LogP contribution in [0.15, 0.2) is 22.7 Å². The molecule has 1 N–H and O–H groups in total. The van der Waals surface area contributed by atoms with Crippen LogP contribution in [0.4, 0.5) is 0 Å². The molecule has 4 nitrogen and oxygen atoms in total. The Kier molecular flexibility index (Phi) is 2.35. The van der Waals surface area contributed by atoms with Crippen LogP contribution in [0.5, 0.6) is 0 Å². The molecule has 0 spiro atoms. The molecule has 3 rings (SSSR count). The molecule has 0 atom stereocenters. The van der Waals surface area contributed by atoms with Gasteiger partial charge in [-0.1, -0.05) is 11.2 Å².